The van der Waals surface area contributed by atoms with E-state index in [-0.39, 0.29) is 16.9 Å². The lowest BCUT2D eigenvalue weighted by Gasteiger charge is -2.56. The Kier molecular flexibility index (Phi) is 10.0. The van der Waals surface area contributed by atoms with Gasteiger partial charge in [-0.1, -0.05) is 11.7 Å². The number of hydrogen-bond donors (Lipinski definition) is 1. The Balaban J connectivity index is 1.15. The van der Waals surface area contributed by atoms with E-state index in [2.05, 4.69) is 53.5 Å². The van der Waals surface area contributed by atoms with E-state index in [9.17, 15) is 0 Å². The SMILES string of the molecule is CC(C)N1CCC2(CCCC(C3CN(C(C)C)CC4(CCCC(C5CCN(SS)C6(CCCCO6)C5)O4)C3)O2)CC1. The molecule has 0 amide bonds. The van der Waals surface area contributed by atoms with Crippen LogP contribution in [-0.4, -0.2) is 94.7 Å². The van der Waals surface area contributed by atoms with Crippen molar-refractivity contribution in [1.82, 2.24) is 14.1 Å². The Bertz CT molecular complexity index is 863. The van der Waals surface area contributed by atoms with Crippen LogP contribution in [-0.2, 0) is 14.2 Å². The first-order valence-corrected chi connectivity index (χ1v) is 19.1. The van der Waals surface area contributed by atoms with E-state index in [1.165, 1.54) is 96.7 Å². The lowest BCUT2D eigenvalue weighted by molar-refractivity contribution is -0.231. The number of hydrogen-bond acceptors (Lipinski definition) is 8. The predicted octanol–water partition coefficient (Wildman–Crippen LogP) is 6.94. The van der Waals surface area contributed by atoms with Crippen LogP contribution in [0, 0.1) is 11.8 Å². The summed E-state index contributed by atoms with van der Waals surface area (Å²) in [6.45, 7) is 16.0. The summed E-state index contributed by atoms with van der Waals surface area (Å²) < 4.78 is 23.7. The average molecular weight is 610 g/mol. The first kappa shape index (κ1) is 31.4. The molecule has 0 aromatic heterocycles. The second-order valence-electron chi connectivity index (χ2n) is 15.3. The van der Waals surface area contributed by atoms with Gasteiger partial charge in [0.15, 0.2) is 0 Å². The molecule has 6 fully saturated rings. The fourth-order valence-corrected chi connectivity index (χ4v) is 10.8. The summed E-state index contributed by atoms with van der Waals surface area (Å²) in [4.78, 5) is 5.39. The molecule has 0 aliphatic carbocycles. The van der Waals surface area contributed by atoms with Crippen LogP contribution in [0.15, 0.2) is 0 Å². The molecule has 6 heterocycles. The summed E-state index contributed by atoms with van der Waals surface area (Å²) in [6.07, 6.45) is 17.7. The number of nitrogens with zero attached hydrogens (tertiary/aromatic N) is 3. The maximum absolute atomic E-state index is 7.43. The number of thiol groups is 1. The topological polar surface area (TPSA) is 37.4 Å². The fourth-order valence-electron chi connectivity index (χ4n) is 9.59. The molecule has 0 radical (unpaired) electrons. The Morgan fingerprint density at radius 2 is 1.39 bits per heavy atom. The molecule has 8 heteroatoms. The molecule has 0 bridgehead atoms. The average Bonchev–Trinajstić information content (AvgIpc) is 2.97. The van der Waals surface area contributed by atoms with Gasteiger partial charge in [-0.3, -0.25) is 4.90 Å². The summed E-state index contributed by atoms with van der Waals surface area (Å²) in [7, 11) is 1.59. The summed E-state index contributed by atoms with van der Waals surface area (Å²) in [5, 5.41) is 0. The molecule has 3 spiro atoms. The molecule has 0 N–H and O–H groups in total. The highest BCUT2D eigenvalue weighted by molar-refractivity contribution is 8.67. The van der Waals surface area contributed by atoms with Gasteiger partial charge in [0.25, 0.3) is 0 Å². The molecule has 41 heavy (non-hydrogen) atoms. The zero-order chi connectivity index (χ0) is 28.7. The number of rotatable bonds is 5. The highest BCUT2D eigenvalue weighted by Crippen LogP contribution is 2.50. The minimum atomic E-state index is -0.143. The quantitative estimate of drug-likeness (QED) is 0.206. The first-order chi connectivity index (χ1) is 19.7. The lowest BCUT2D eigenvalue weighted by Crippen LogP contribution is -2.62. The molecule has 236 valence electrons. The van der Waals surface area contributed by atoms with Crippen LogP contribution in [0.2, 0.25) is 0 Å². The van der Waals surface area contributed by atoms with Crippen molar-refractivity contribution in [1.29, 1.82) is 0 Å². The molecule has 6 saturated heterocycles. The minimum absolute atomic E-state index is 0.0267. The summed E-state index contributed by atoms with van der Waals surface area (Å²) in [5.41, 5.74) is -0.0536. The van der Waals surface area contributed by atoms with Crippen molar-refractivity contribution in [2.24, 2.45) is 11.8 Å². The van der Waals surface area contributed by atoms with E-state index in [0.29, 0.717) is 36.1 Å². The Morgan fingerprint density at radius 3 is 2.05 bits per heavy atom. The largest absolute Gasteiger partial charge is 0.371 e. The maximum atomic E-state index is 7.43. The maximum Gasteiger partial charge on any atom is 0.131 e. The third-order valence-corrected chi connectivity index (χ3v) is 13.3. The molecule has 6 aliphatic heterocycles. The van der Waals surface area contributed by atoms with Gasteiger partial charge in [-0.05, 0) is 134 Å². The van der Waals surface area contributed by atoms with Gasteiger partial charge in [-0.2, -0.15) is 0 Å². The van der Waals surface area contributed by atoms with Crippen molar-refractivity contribution in [2.75, 3.05) is 39.3 Å². The van der Waals surface area contributed by atoms with Gasteiger partial charge in [0.1, 0.15) is 5.72 Å². The minimum Gasteiger partial charge on any atom is -0.371 e. The zero-order valence-corrected chi connectivity index (χ0v) is 28.2. The van der Waals surface area contributed by atoms with Crippen LogP contribution in [0.1, 0.15) is 118 Å². The third-order valence-electron chi connectivity index (χ3n) is 12.0. The van der Waals surface area contributed by atoms with Crippen LogP contribution in [0.25, 0.3) is 0 Å². The highest BCUT2D eigenvalue weighted by Gasteiger charge is 2.52. The van der Waals surface area contributed by atoms with Crippen LogP contribution in [0.3, 0.4) is 0 Å². The zero-order valence-electron chi connectivity index (χ0n) is 26.5. The first-order valence-electron chi connectivity index (χ1n) is 17.3. The molecule has 0 saturated carbocycles. The molecule has 6 nitrogen and oxygen atoms in total. The van der Waals surface area contributed by atoms with Gasteiger partial charge in [0.2, 0.25) is 0 Å². The van der Waals surface area contributed by atoms with E-state index >= 15 is 0 Å². The van der Waals surface area contributed by atoms with Gasteiger partial charge in [-0.15, -0.1) is 0 Å². The smallest absolute Gasteiger partial charge is 0.131 e. The van der Waals surface area contributed by atoms with Crippen LogP contribution in [0.4, 0.5) is 0 Å². The van der Waals surface area contributed by atoms with Crippen molar-refractivity contribution in [3.05, 3.63) is 0 Å². The van der Waals surface area contributed by atoms with Crippen molar-refractivity contribution in [3.63, 3.8) is 0 Å². The highest BCUT2D eigenvalue weighted by atomic mass is 33.1. The Hall–Kier alpha value is 0.460. The molecule has 6 rings (SSSR count). The van der Waals surface area contributed by atoms with E-state index < -0.39 is 0 Å². The van der Waals surface area contributed by atoms with Crippen LogP contribution < -0.4 is 0 Å². The van der Waals surface area contributed by atoms with E-state index in [4.69, 9.17) is 14.2 Å². The van der Waals surface area contributed by atoms with Gasteiger partial charge in [0, 0.05) is 57.3 Å². The van der Waals surface area contributed by atoms with E-state index in [1.54, 1.807) is 11.0 Å². The molecular formula is C33H59N3O3S2. The van der Waals surface area contributed by atoms with Crippen molar-refractivity contribution < 1.29 is 14.2 Å². The van der Waals surface area contributed by atoms with Gasteiger partial charge in [0.05, 0.1) is 23.4 Å². The standard InChI is InChI=1S/C33H59N3O3S2/c1-25(2)34-18-15-31(16-19-34)12-7-10-30(38-31)28-21-32(24-35(23-28)26(3)4)13-8-9-29(39-32)27-11-17-36(41-40)33(22-27)14-5-6-20-37-33/h25-30,40H,5-24H2,1-4H3. The second-order valence-corrected chi connectivity index (χ2v) is 16.4. The Labute approximate surface area is 260 Å². The number of likely N-dealkylation sites (tertiary alicyclic amines) is 2. The molecule has 6 aliphatic rings. The van der Waals surface area contributed by atoms with Crippen molar-refractivity contribution in [3.8, 4) is 0 Å². The second kappa shape index (κ2) is 13.1. The van der Waals surface area contributed by atoms with Gasteiger partial charge < -0.3 is 19.1 Å². The van der Waals surface area contributed by atoms with Crippen molar-refractivity contribution in [2.45, 2.75) is 159 Å². The number of piperidine rings is 3. The molecule has 6 unspecified atom stereocenters. The summed E-state index contributed by atoms with van der Waals surface area (Å²) in [6, 6.07) is 1.18. The summed E-state index contributed by atoms with van der Waals surface area (Å²) in [5.74, 6) is 1.15. The molecule has 0 aromatic carbocycles. The molecular weight excluding hydrogens is 551 g/mol. The Morgan fingerprint density at radius 1 is 0.707 bits per heavy atom. The fraction of sp³-hybridized carbons (Fsp3) is 1.00. The van der Waals surface area contributed by atoms with Crippen LogP contribution in [0.5, 0.6) is 0 Å². The lowest BCUT2D eigenvalue weighted by atomic mass is 9.73. The van der Waals surface area contributed by atoms with Crippen LogP contribution >= 0.6 is 22.6 Å². The molecule has 0 aromatic rings. The third kappa shape index (κ3) is 6.71. The van der Waals surface area contributed by atoms with Gasteiger partial charge >= 0.3 is 0 Å². The van der Waals surface area contributed by atoms with Crippen molar-refractivity contribution >= 4 is 22.6 Å². The monoisotopic (exact) mass is 609 g/mol. The van der Waals surface area contributed by atoms with E-state index in [0.717, 1.165) is 32.5 Å². The molecule has 6 atom stereocenters. The van der Waals surface area contributed by atoms with Gasteiger partial charge in [-0.25, -0.2) is 4.31 Å². The van der Waals surface area contributed by atoms with E-state index in [1.807, 2.05) is 0 Å². The predicted molar refractivity (Wildman–Crippen MR) is 172 cm³/mol. The summed E-state index contributed by atoms with van der Waals surface area (Å²) >= 11 is 4.63. The number of ether oxygens (including phenoxy) is 3. The normalized spacial score (nSPS) is 41.6.